The number of piperidine rings is 1. The van der Waals surface area contributed by atoms with Gasteiger partial charge in [0.1, 0.15) is 11.6 Å². The van der Waals surface area contributed by atoms with E-state index in [-0.39, 0.29) is 0 Å². The second kappa shape index (κ2) is 7.55. The van der Waals surface area contributed by atoms with Crippen LogP contribution in [0.3, 0.4) is 0 Å². The van der Waals surface area contributed by atoms with Crippen molar-refractivity contribution in [2.75, 3.05) is 38.7 Å². The number of rotatable bonds is 6. The Bertz CT molecular complexity index is 416. The highest BCUT2D eigenvalue weighted by Crippen LogP contribution is 2.18. The number of likely N-dealkylation sites (tertiary alicyclic amines) is 1. The SMILES string of the molecule is CCNc1cc(C)nc(CN2CCC(COC)CC2)n1. The van der Waals surface area contributed by atoms with Crippen LogP contribution in [-0.4, -0.2) is 48.2 Å². The minimum absolute atomic E-state index is 0.715. The molecule has 0 saturated carbocycles. The molecule has 2 rings (SSSR count). The monoisotopic (exact) mass is 278 g/mol. The van der Waals surface area contributed by atoms with E-state index in [0.717, 1.165) is 50.1 Å². The van der Waals surface area contributed by atoms with Gasteiger partial charge in [-0.2, -0.15) is 0 Å². The van der Waals surface area contributed by atoms with Crippen molar-refractivity contribution < 1.29 is 4.74 Å². The summed E-state index contributed by atoms with van der Waals surface area (Å²) in [7, 11) is 1.79. The second-order valence-corrected chi connectivity index (χ2v) is 5.52. The summed E-state index contributed by atoms with van der Waals surface area (Å²) >= 11 is 0. The molecule has 0 bridgehead atoms. The lowest BCUT2D eigenvalue weighted by Crippen LogP contribution is -2.35. The van der Waals surface area contributed by atoms with Gasteiger partial charge in [-0.1, -0.05) is 0 Å². The number of hydrogen-bond acceptors (Lipinski definition) is 5. The summed E-state index contributed by atoms with van der Waals surface area (Å²) in [6.45, 7) is 8.95. The van der Waals surface area contributed by atoms with Crippen molar-refractivity contribution >= 4 is 5.82 Å². The molecule has 1 aromatic heterocycles. The topological polar surface area (TPSA) is 50.3 Å². The number of ether oxygens (including phenoxy) is 1. The van der Waals surface area contributed by atoms with E-state index >= 15 is 0 Å². The summed E-state index contributed by atoms with van der Waals surface area (Å²) in [5.41, 5.74) is 1.03. The highest BCUT2D eigenvalue weighted by Gasteiger charge is 2.19. The predicted molar refractivity (Wildman–Crippen MR) is 80.8 cm³/mol. The summed E-state index contributed by atoms with van der Waals surface area (Å²) in [4.78, 5) is 11.6. The van der Waals surface area contributed by atoms with Gasteiger partial charge in [0.05, 0.1) is 6.54 Å². The van der Waals surface area contributed by atoms with Crippen molar-refractivity contribution in [3.8, 4) is 0 Å². The molecule has 2 heterocycles. The quantitative estimate of drug-likeness (QED) is 0.863. The maximum Gasteiger partial charge on any atom is 0.144 e. The highest BCUT2D eigenvalue weighted by molar-refractivity contribution is 5.35. The van der Waals surface area contributed by atoms with Gasteiger partial charge in [-0.05, 0) is 45.7 Å². The first kappa shape index (κ1) is 15.2. The average Bonchev–Trinajstić information content (AvgIpc) is 2.41. The normalized spacial score (nSPS) is 17.4. The zero-order valence-corrected chi connectivity index (χ0v) is 12.9. The van der Waals surface area contributed by atoms with Crippen LogP contribution in [-0.2, 0) is 11.3 Å². The highest BCUT2D eigenvalue weighted by atomic mass is 16.5. The van der Waals surface area contributed by atoms with E-state index in [2.05, 4.69) is 27.1 Å². The maximum atomic E-state index is 5.24. The fraction of sp³-hybridized carbons (Fsp3) is 0.733. The molecule has 1 aliphatic rings. The van der Waals surface area contributed by atoms with Gasteiger partial charge in [0.15, 0.2) is 0 Å². The lowest BCUT2D eigenvalue weighted by atomic mass is 9.98. The lowest BCUT2D eigenvalue weighted by molar-refractivity contribution is 0.0957. The minimum atomic E-state index is 0.715. The van der Waals surface area contributed by atoms with Crippen LogP contribution in [0.1, 0.15) is 31.3 Å². The molecule has 0 amide bonds. The van der Waals surface area contributed by atoms with Crippen molar-refractivity contribution in [1.29, 1.82) is 0 Å². The molecule has 1 N–H and O–H groups in total. The Balaban J connectivity index is 1.90. The number of aryl methyl sites for hydroxylation is 1. The van der Waals surface area contributed by atoms with Gasteiger partial charge in [-0.25, -0.2) is 9.97 Å². The first-order valence-electron chi connectivity index (χ1n) is 7.51. The molecule has 0 radical (unpaired) electrons. The third-order valence-electron chi connectivity index (χ3n) is 3.73. The van der Waals surface area contributed by atoms with Crippen molar-refractivity contribution in [2.24, 2.45) is 5.92 Å². The average molecular weight is 278 g/mol. The number of aromatic nitrogens is 2. The zero-order chi connectivity index (χ0) is 14.4. The molecule has 1 saturated heterocycles. The number of nitrogens with zero attached hydrogens (tertiary/aromatic N) is 3. The number of hydrogen-bond donors (Lipinski definition) is 1. The van der Waals surface area contributed by atoms with E-state index < -0.39 is 0 Å². The first-order valence-corrected chi connectivity index (χ1v) is 7.51. The molecule has 0 spiro atoms. The summed E-state index contributed by atoms with van der Waals surface area (Å²) in [6, 6.07) is 2.00. The summed E-state index contributed by atoms with van der Waals surface area (Å²) in [5.74, 6) is 2.57. The number of methoxy groups -OCH3 is 1. The Hall–Kier alpha value is -1.20. The Morgan fingerprint density at radius 2 is 2.10 bits per heavy atom. The van der Waals surface area contributed by atoms with Crippen LogP contribution < -0.4 is 5.32 Å². The van der Waals surface area contributed by atoms with Gasteiger partial charge in [0.2, 0.25) is 0 Å². The van der Waals surface area contributed by atoms with E-state index in [1.54, 1.807) is 7.11 Å². The third-order valence-corrected chi connectivity index (χ3v) is 3.73. The molecule has 1 aromatic rings. The Morgan fingerprint density at radius 3 is 2.75 bits per heavy atom. The molecule has 0 atom stereocenters. The van der Waals surface area contributed by atoms with Crippen LogP contribution in [0.2, 0.25) is 0 Å². The second-order valence-electron chi connectivity index (χ2n) is 5.52. The van der Waals surface area contributed by atoms with Crippen molar-refractivity contribution in [1.82, 2.24) is 14.9 Å². The van der Waals surface area contributed by atoms with Gasteiger partial charge >= 0.3 is 0 Å². The summed E-state index contributed by atoms with van der Waals surface area (Å²) in [6.07, 6.45) is 2.42. The molecule has 0 aromatic carbocycles. The van der Waals surface area contributed by atoms with Crippen molar-refractivity contribution in [3.63, 3.8) is 0 Å². The predicted octanol–water partition coefficient (Wildman–Crippen LogP) is 2.08. The number of anilines is 1. The molecule has 112 valence electrons. The molecule has 5 heteroatoms. The van der Waals surface area contributed by atoms with Crippen LogP contribution in [0.25, 0.3) is 0 Å². The lowest BCUT2D eigenvalue weighted by Gasteiger charge is -2.31. The Labute approximate surface area is 121 Å². The standard InChI is InChI=1S/C15H26N4O/c1-4-16-14-9-12(2)17-15(18-14)10-19-7-5-13(6-8-19)11-20-3/h9,13H,4-8,10-11H2,1-3H3,(H,16,17,18). The minimum Gasteiger partial charge on any atom is -0.384 e. The van der Waals surface area contributed by atoms with E-state index in [4.69, 9.17) is 4.74 Å². The Kier molecular flexibility index (Phi) is 5.73. The van der Waals surface area contributed by atoms with E-state index in [0.29, 0.717) is 5.92 Å². The van der Waals surface area contributed by atoms with Crippen molar-refractivity contribution in [2.45, 2.75) is 33.2 Å². The van der Waals surface area contributed by atoms with Gasteiger partial charge in [-0.3, -0.25) is 4.90 Å². The van der Waals surface area contributed by atoms with Gasteiger partial charge < -0.3 is 10.1 Å². The molecule has 0 unspecified atom stereocenters. The molecule has 1 fully saturated rings. The van der Waals surface area contributed by atoms with Crippen LogP contribution in [0, 0.1) is 12.8 Å². The first-order chi connectivity index (χ1) is 9.71. The fourth-order valence-electron chi connectivity index (χ4n) is 2.72. The molecular formula is C15H26N4O. The maximum absolute atomic E-state index is 5.24. The van der Waals surface area contributed by atoms with E-state index in [1.165, 1.54) is 12.8 Å². The smallest absolute Gasteiger partial charge is 0.144 e. The molecule has 5 nitrogen and oxygen atoms in total. The van der Waals surface area contributed by atoms with Crippen LogP contribution >= 0.6 is 0 Å². The molecule has 20 heavy (non-hydrogen) atoms. The van der Waals surface area contributed by atoms with E-state index in [9.17, 15) is 0 Å². The van der Waals surface area contributed by atoms with Crippen LogP contribution in [0.5, 0.6) is 0 Å². The van der Waals surface area contributed by atoms with Gasteiger partial charge in [-0.15, -0.1) is 0 Å². The van der Waals surface area contributed by atoms with Gasteiger partial charge in [0.25, 0.3) is 0 Å². The third kappa shape index (κ3) is 4.42. The van der Waals surface area contributed by atoms with Gasteiger partial charge in [0, 0.05) is 32.0 Å². The molecular weight excluding hydrogens is 252 g/mol. The number of nitrogens with one attached hydrogen (secondary N) is 1. The van der Waals surface area contributed by atoms with Crippen LogP contribution in [0.4, 0.5) is 5.82 Å². The summed E-state index contributed by atoms with van der Waals surface area (Å²) in [5, 5.41) is 3.26. The van der Waals surface area contributed by atoms with Crippen molar-refractivity contribution in [3.05, 3.63) is 17.6 Å². The zero-order valence-electron chi connectivity index (χ0n) is 12.9. The van der Waals surface area contributed by atoms with Crippen LogP contribution in [0.15, 0.2) is 6.07 Å². The molecule has 0 aliphatic carbocycles. The largest absolute Gasteiger partial charge is 0.384 e. The summed E-state index contributed by atoms with van der Waals surface area (Å²) < 4.78 is 5.24. The fourth-order valence-corrected chi connectivity index (χ4v) is 2.72. The Morgan fingerprint density at radius 1 is 1.35 bits per heavy atom. The molecule has 1 aliphatic heterocycles. The van der Waals surface area contributed by atoms with E-state index in [1.807, 2.05) is 13.0 Å².